The standard InChI is InChI=1S/C13H11N3O/c1-8-3-2-4-10-12-9(5-6-17-13(8)10)11(7-14)15-16-12/h2-4H,5-6H2,1H3,(H,15,16). The number of nitrogens with zero attached hydrogens (tertiary/aromatic N) is 2. The molecule has 0 saturated carbocycles. The van der Waals surface area contributed by atoms with Crippen LogP contribution in [0.3, 0.4) is 0 Å². The third-order valence-corrected chi connectivity index (χ3v) is 3.05. The Labute approximate surface area is 98.8 Å². The lowest BCUT2D eigenvalue weighted by molar-refractivity contribution is 0.324. The quantitative estimate of drug-likeness (QED) is 0.747. The molecule has 3 rings (SSSR count). The normalized spacial score (nSPS) is 12.9. The number of aryl methyl sites for hydroxylation is 1. The Morgan fingerprint density at radius 3 is 3.18 bits per heavy atom. The Morgan fingerprint density at radius 1 is 1.47 bits per heavy atom. The Hall–Kier alpha value is -2.28. The van der Waals surface area contributed by atoms with E-state index in [4.69, 9.17) is 10.00 Å². The smallest absolute Gasteiger partial charge is 0.166 e. The zero-order chi connectivity index (χ0) is 11.8. The van der Waals surface area contributed by atoms with Crippen molar-refractivity contribution in [2.45, 2.75) is 13.3 Å². The van der Waals surface area contributed by atoms with E-state index in [2.05, 4.69) is 16.3 Å². The zero-order valence-electron chi connectivity index (χ0n) is 9.45. The number of para-hydroxylation sites is 1. The molecule has 1 aromatic carbocycles. The summed E-state index contributed by atoms with van der Waals surface area (Å²) in [6.45, 7) is 2.60. The maximum atomic E-state index is 9.00. The maximum Gasteiger partial charge on any atom is 0.166 e. The average Bonchev–Trinajstić information content (AvgIpc) is 2.65. The monoisotopic (exact) mass is 225 g/mol. The summed E-state index contributed by atoms with van der Waals surface area (Å²) in [4.78, 5) is 0. The molecule has 4 nitrogen and oxygen atoms in total. The van der Waals surface area contributed by atoms with E-state index in [0.29, 0.717) is 18.7 Å². The van der Waals surface area contributed by atoms with Crippen LogP contribution in [0.5, 0.6) is 5.75 Å². The first-order valence-corrected chi connectivity index (χ1v) is 5.51. The molecule has 0 unspecified atom stereocenters. The largest absolute Gasteiger partial charge is 0.492 e. The van der Waals surface area contributed by atoms with Crippen LogP contribution in [0.15, 0.2) is 18.2 Å². The predicted octanol–water partition coefficient (Wildman–Crippen LogP) is 2.19. The fourth-order valence-corrected chi connectivity index (χ4v) is 2.22. The predicted molar refractivity (Wildman–Crippen MR) is 62.7 cm³/mol. The number of fused-ring (bicyclic) bond motifs is 3. The van der Waals surface area contributed by atoms with Crippen LogP contribution in [0.4, 0.5) is 0 Å². The van der Waals surface area contributed by atoms with Crippen molar-refractivity contribution in [3.8, 4) is 23.1 Å². The van der Waals surface area contributed by atoms with E-state index in [9.17, 15) is 0 Å². The van der Waals surface area contributed by atoms with Gasteiger partial charge in [0.25, 0.3) is 0 Å². The van der Waals surface area contributed by atoms with E-state index in [-0.39, 0.29) is 0 Å². The number of ether oxygens (including phenoxy) is 1. The Kier molecular flexibility index (Phi) is 2.12. The first-order chi connectivity index (χ1) is 8.31. The van der Waals surface area contributed by atoms with E-state index < -0.39 is 0 Å². The Balaban J connectivity index is 2.29. The van der Waals surface area contributed by atoms with Gasteiger partial charge < -0.3 is 4.74 Å². The second-order valence-corrected chi connectivity index (χ2v) is 4.09. The molecule has 1 aliphatic rings. The fraction of sp³-hybridized carbons (Fsp3) is 0.231. The second-order valence-electron chi connectivity index (χ2n) is 4.09. The molecule has 84 valence electrons. The van der Waals surface area contributed by atoms with Crippen LogP contribution in [0, 0.1) is 18.3 Å². The van der Waals surface area contributed by atoms with E-state index >= 15 is 0 Å². The fourth-order valence-electron chi connectivity index (χ4n) is 2.22. The molecule has 2 aromatic rings. The number of rotatable bonds is 0. The maximum absolute atomic E-state index is 9.00. The van der Waals surface area contributed by atoms with Gasteiger partial charge in [-0.2, -0.15) is 10.4 Å². The van der Waals surface area contributed by atoms with Gasteiger partial charge in [0.1, 0.15) is 11.8 Å². The molecule has 1 aromatic heterocycles. The zero-order valence-corrected chi connectivity index (χ0v) is 9.45. The van der Waals surface area contributed by atoms with Crippen LogP contribution in [-0.2, 0) is 6.42 Å². The van der Waals surface area contributed by atoms with Gasteiger partial charge in [0, 0.05) is 17.5 Å². The van der Waals surface area contributed by atoms with Gasteiger partial charge in [-0.25, -0.2) is 0 Å². The summed E-state index contributed by atoms with van der Waals surface area (Å²) in [7, 11) is 0. The van der Waals surface area contributed by atoms with Gasteiger partial charge in [-0.3, -0.25) is 5.10 Å². The molecule has 2 heterocycles. The van der Waals surface area contributed by atoms with Crippen LogP contribution in [0.25, 0.3) is 11.3 Å². The highest BCUT2D eigenvalue weighted by Crippen LogP contribution is 2.36. The molecule has 0 spiro atoms. The number of nitriles is 1. The van der Waals surface area contributed by atoms with Crippen LogP contribution in [0.2, 0.25) is 0 Å². The molecule has 17 heavy (non-hydrogen) atoms. The third kappa shape index (κ3) is 1.40. The second kappa shape index (κ2) is 3.63. The van der Waals surface area contributed by atoms with Crippen molar-refractivity contribution in [3.63, 3.8) is 0 Å². The van der Waals surface area contributed by atoms with E-state index in [1.807, 2.05) is 25.1 Å². The SMILES string of the molecule is Cc1cccc2c1OCCc1c(C#N)n[nH]c1-2. The van der Waals surface area contributed by atoms with Gasteiger partial charge in [-0.15, -0.1) is 0 Å². The summed E-state index contributed by atoms with van der Waals surface area (Å²) >= 11 is 0. The lowest BCUT2D eigenvalue weighted by Gasteiger charge is -2.09. The van der Waals surface area contributed by atoms with E-state index in [1.165, 1.54) is 0 Å². The van der Waals surface area contributed by atoms with E-state index in [1.54, 1.807) is 0 Å². The minimum absolute atomic E-state index is 0.470. The molecule has 0 saturated heterocycles. The van der Waals surface area contributed by atoms with Crippen molar-refractivity contribution in [3.05, 3.63) is 35.0 Å². The van der Waals surface area contributed by atoms with Gasteiger partial charge in [0.05, 0.1) is 12.3 Å². The van der Waals surface area contributed by atoms with E-state index in [0.717, 1.165) is 28.1 Å². The lowest BCUT2D eigenvalue weighted by atomic mass is 10.0. The summed E-state index contributed by atoms with van der Waals surface area (Å²) in [5.41, 5.74) is 4.43. The summed E-state index contributed by atoms with van der Waals surface area (Å²) < 4.78 is 5.76. The van der Waals surface area contributed by atoms with Gasteiger partial charge in [0.2, 0.25) is 0 Å². The molecule has 0 fully saturated rings. The van der Waals surface area contributed by atoms with Crippen molar-refractivity contribution in [1.29, 1.82) is 5.26 Å². The molecular formula is C13H11N3O. The molecule has 4 heteroatoms. The summed E-state index contributed by atoms with van der Waals surface area (Å²) in [5.74, 6) is 0.888. The molecule has 0 bridgehead atoms. The number of H-pyrrole nitrogens is 1. The Bertz CT molecular complexity index is 622. The molecule has 0 aliphatic carbocycles. The van der Waals surface area contributed by atoms with Crippen molar-refractivity contribution in [2.24, 2.45) is 0 Å². The first-order valence-electron chi connectivity index (χ1n) is 5.51. The van der Waals surface area contributed by atoms with Crippen LogP contribution in [0.1, 0.15) is 16.8 Å². The number of hydrogen-bond donors (Lipinski definition) is 1. The highest BCUT2D eigenvalue weighted by molar-refractivity contribution is 5.73. The number of aromatic nitrogens is 2. The summed E-state index contributed by atoms with van der Waals surface area (Å²) in [5, 5.41) is 16.0. The number of benzene rings is 1. The lowest BCUT2D eigenvalue weighted by Crippen LogP contribution is -2.00. The molecule has 0 radical (unpaired) electrons. The van der Waals surface area contributed by atoms with Crippen LogP contribution >= 0.6 is 0 Å². The van der Waals surface area contributed by atoms with Crippen LogP contribution < -0.4 is 4.74 Å². The van der Waals surface area contributed by atoms with Gasteiger partial charge in [-0.1, -0.05) is 12.1 Å². The van der Waals surface area contributed by atoms with Crippen molar-refractivity contribution < 1.29 is 4.74 Å². The molecule has 0 amide bonds. The minimum atomic E-state index is 0.470. The van der Waals surface area contributed by atoms with Crippen molar-refractivity contribution >= 4 is 0 Å². The minimum Gasteiger partial charge on any atom is -0.492 e. The van der Waals surface area contributed by atoms with Gasteiger partial charge in [-0.05, 0) is 18.6 Å². The average molecular weight is 225 g/mol. The summed E-state index contributed by atoms with van der Waals surface area (Å²) in [6, 6.07) is 8.11. The number of nitrogens with one attached hydrogen (secondary N) is 1. The van der Waals surface area contributed by atoms with Crippen molar-refractivity contribution in [1.82, 2.24) is 10.2 Å². The topological polar surface area (TPSA) is 61.7 Å². The highest BCUT2D eigenvalue weighted by atomic mass is 16.5. The third-order valence-electron chi connectivity index (χ3n) is 3.05. The first kappa shape index (κ1) is 9.91. The molecular weight excluding hydrogens is 214 g/mol. The number of aromatic amines is 1. The molecule has 0 atom stereocenters. The molecule has 1 N–H and O–H groups in total. The summed E-state index contributed by atoms with van der Waals surface area (Å²) in [6.07, 6.45) is 0.711. The van der Waals surface area contributed by atoms with Crippen LogP contribution in [-0.4, -0.2) is 16.8 Å². The van der Waals surface area contributed by atoms with Gasteiger partial charge in [0.15, 0.2) is 5.69 Å². The number of hydrogen-bond acceptors (Lipinski definition) is 3. The highest BCUT2D eigenvalue weighted by Gasteiger charge is 2.21. The molecule has 1 aliphatic heterocycles. The Morgan fingerprint density at radius 2 is 2.35 bits per heavy atom. The van der Waals surface area contributed by atoms with Crippen molar-refractivity contribution in [2.75, 3.05) is 6.61 Å². The van der Waals surface area contributed by atoms with Gasteiger partial charge >= 0.3 is 0 Å².